The van der Waals surface area contributed by atoms with E-state index in [0.717, 1.165) is 41.6 Å². The lowest BCUT2D eigenvalue weighted by Crippen LogP contribution is -2.38. The molecule has 3 aromatic rings. The van der Waals surface area contributed by atoms with Crippen molar-refractivity contribution in [1.82, 2.24) is 25.2 Å². The van der Waals surface area contributed by atoms with Crippen molar-refractivity contribution in [2.75, 3.05) is 13.6 Å². The summed E-state index contributed by atoms with van der Waals surface area (Å²) in [6, 6.07) is 12.2. The number of rotatable bonds is 9. The van der Waals surface area contributed by atoms with Crippen LogP contribution in [-0.2, 0) is 13.0 Å². The molecule has 1 unspecified atom stereocenters. The van der Waals surface area contributed by atoms with Gasteiger partial charge >= 0.3 is 0 Å². The molecule has 0 radical (unpaired) electrons. The van der Waals surface area contributed by atoms with E-state index in [9.17, 15) is 0 Å². The molecule has 2 heterocycles. The first kappa shape index (κ1) is 22.6. The number of benzene rings is 1. The van der Waals surface area contributed by atoms with Crippen LogP contribution in [0.1, 0.15) is 44.1 Å². The molecule has 31 heavy (non-hydrogen) atoms. The van der Waals surface area contributed by atoms with E-state index in [1.807, 2.05) is 28.8 Å². The van der Waals surface area contributed by atoms with E-state index < -0.39 is 0 Å². The molecule has 2 N–H and O–H groups in total. The predicted molar refractivity (Wildman–Crippen MR) is 126 cm³/mol. The molecule has 0 aliphatic carbocycles. The van der Waals surface area contributed by atoms with Crippen molar-refractivity contribution in [1.29, 1.82) is 0 Å². The number of ether oxygens (including phenoxy) is 1. The monoisotopic (exact) mass is 422 g/mol. The number of pyridine rings is 1. The SMILES string of the molecule is CN=C(NCCc1nnc2ccccn12)NCc1ccc(C)cc1OC(C)CC(C)C. The largest absolute Gasteiger partial charge is 0.490 e. The van der Waals surface area contributed by atoms with Gasteiger partial charge in [-0.3, -0.25) is 9.39 Å². The average molecular weight is 423 g/mol. The Kier molecular flexibility index (Phi) is 7.87. The highest BCUT2D eigenvalue weighted by Gasteiger charge is 2.11. The van der Waals surface area contributed by atoms with Gasteiger partial charge in [-0.05, 0) is 49.9 Å². The van der Waals surface area contributed by atoms with E-state index in [1.54, 1.807) is 7.05 Å². The summed E-state index contributed by atoms with van der Waals surface area (Å²) in [7, 11) is 1.78. The highest BCUT2D eigenvalue weighted by Crippen LogP contribution is 2.23. The van der Waals surface area contributed by atoms with Gasteiger partial charge in [-0.1, -0.05) is 32.0 Å². The molecular weight excluding hydrogens is 388 g/mol. The third kappa shape index (κ3) is 6.44. The summed E-state index contributed by atoms with van der Waals surface area (Å²) >= 11 is 0. The summed E-state index contributed by atoms with van der Waals surface area (Å²) in [5, 5.41) is 15.2. The lowest BCUT2D eigenvalue weighted by Gasteiger charge is -2.20. The number of aromatic nitrogens is 3. The first-order valence-corrected chi connectivity index (χ1v) is 11.0. The van der Waals surface area contributed by atoms with Crippen LogP contribution in [0, 0.1) is 12.8 Å². The van der Waals surface area contributed by atoms with Crippen molar-refractivity contribution in [3.8, 4) is 5.75 Å². The number of guanidine groups is 1. The first-order valence-electron chi connectivity index (χ1n) is 11.0. The molecule has 0 saturated carbocycles. The number of hydrogen-bond acceptors (Lipinski definition) is 4. The van der Waals surface area contributed by atoms with Gasteiger partial charge in [-0.15, -0.1) is 10.2 Å². The van der Waals surface area contributed by atoms with Gasteiger partial charge in [-0.2, -0.15) is 0 Å². The summed E-state index contributed by atoms with van der Waals surface area (Å²) in [6.07, 6.45) is 3.94. The predicted octanol–water partition coefficient (Wildman–Crippen LogP) is 3.76. The van der Waals surface area contributed by atoms with Crippen LogP contribution in [0.15, 0.2) is 47.6 Å². The third-order valence-electron chi connectivity index (χ3n) is 5.05. The normalized spacial score (nSPS) is 12.9. The van der Waals surface area contributed by atoms with E-state index in [2.05, 4.69) is 71.7 Å². The summed E-state index contributed by atoms with van der Waals surface area (Å²) < 4.78 is 8.26. The van der Waals surface area contributed by atoms with Gasteiger partial charge in [-0.25, -0.2) is 0 Å². The van der Waals surface area contributed by atoms with Crippen molar-refractivity contribution in [2.45, 2.75) is 53.2 Å². The standard InChI is InChI=1S/C24H34N6O/c1-17(2)14-19(4)31-21-15-18(3)9-10-20(21)16-27-24(25-5)26-12-11-23-29-28-22-8-6-7-13-30(22)23/h6-10,13,15,17,19H,11-12,14,16H2,1-5H3,(H2,25,26,27). The third-order valence-corrected chi connectivity index (χ3v) is 5.05. The molecule has 1 atom stereocenters. The van der Waals surface area contributed by atoms with Gasteiger partial charge in [0, 0.05) is 38.3 Å². The maximum atomic E-state index is 6.26. The van der Waals surface area contributed by atoms with Crippen molar-refractivity contribution in [3.63, 3.8) is 0 Å². The molecule has 1 aromatic carbocycles. The average Bonchev–Trinajstić information content (AvgIpc) is 3.14. The Bertz CT molecular complexity index is 1010. The quantitative estimate of drug-likeness (QED) is 0.406. The molecule has 3 rings (SSSR count). The van der Waals surface area contributed by atoms with Crippen LogP contribution in [0.5, 0.6) is 5.75 Å². The van der Waals surface area contributed by atoms with Crippen molar-refractivity contribution in [2.24, 2.45) is 10.9 Å². The van der Waals surface area contributed by atoms with Crippen LogP contribution < -0.4 is 15.4 Å². The number of aliphatic imine (C=N–C) groups is 1. The van der Waals surface area contributed by atoms with Gasteiger partial charge in [0.05, 0.1) is 6.10 Å². The summed E-state index contributed by atoms with van der Waals surface area (Å²) in [5.74, 6) is 3.21. The molecule has 7 nitrogen and oxygen atoms in total. The Hall–Kier alpha value is -3.09. The number of nitrogens with one attached hydrogen (secondary N) is 2. The second-order valence-corrected chi connectivity index (χ2v) is 8.32. The molecule has 166 valence electrons. The van der Waals surface area contributed by atoms with Crippen LogP contribution in [0.3, 0.4) is 0 Å². The van der Waals surface area contributed by atoms with Crippen molar-refractivity contribution >= 4 is 11.6 Å². The minimum atomic E-state index is 0.177. The molecule has 0 amide bonds. The topological polar surface area (TPSA) is 75.8 Å². The smallest absolute Gasteiger partial charge is 0.191 e. The number of fused-ring (bicyclic) bond motifs is 1. The Morgan fingerprint density at radius 2 is 1.97 bits per heavy atom. The fourth-order valence-electron chi connectivity index (χ4n) is 3.60. The summed E-state index contributed by atoms with van der Waals surface area (Å²) in [5.41, 5.74) is 3.17. The molecular formula is C24H34N6O. The minimum Gasteiger partial charge on any atom is -0.490 e. The molecule has 0 aliphatic rings. The van der Waals surface area contributed by atoms with Crippen LogP contribution in [0.2, 0.25) is 0 Å². The van der Waals surface area contributed by atoms with Gasteiger partial charge < -0.3 is 15.4 Å². The Labute approximate surface area is 185 Å². The van der Waals surface area contributed by atoms with E-state index in [-0.39, 0.29) is 6.10 Å². The molecule has 2 aromatic heterocycles. The summed E-state index contributed by atoms with van der Waals surface area (Å²) in [6.45, 7) is 10.0. The van der Waals surface area contributed by atoms with E-state index in [0.29, 0.717) is 19.0 Å². The maximum absolute atomic E-state index is 6.26. The molecule has 0 saturated heterocycles. The summed E-state index contributed by atoms with van der Waals surface area (Å²) in [4.78, 5) is 4.34. The second-order valence-electron chi connectivity index (χ2n) is 8.32. The molecule has 0 fully saturated rings. The van der Waals surface area contributed by atoms with E-state index >= 15 is 0 Å². The van der Waals surface area contributed by atoms with Gasteiger partial charge in [0.2, 0.25) is 0 Å². The Morgan fingerprint density at radius 1 is 1.13 bits per heavy atom. The highest BCUT2D eigenvalue weighted by atomic mass is 16.5. The fraction of sp³-hybridized carbons (Fsp3) is 0.458. The zero-order valence-electron chi connectivity index (χ0n) is 19.2. The second kappa shape index (κ2) is 10.8. The van der Waals surface area contributed by atoms with Gasteiger partial charge in [0.25, 0.3) is 0 Å². The maximum Gasteiger partial charge on any atom is 0.191 e. The van der Waals surface area contributed by atoms with E-state index in [4.69, 9.17) is 4.74 Å². The zero-order chi connectivity index (χ0) is 22.2. The molecule has 0 spiro atoms. The molecule has 0 bridgehead atoms. The number of aryl methyl sites for hydroxylation is 1. The van der Waals surface area contributed by atoms with Crippen LogP contribution >= 0.6 is 0 Å². The fourth-order valence-corrected chi connectivity index (χ4v) is 3.60. The lowest BCUT2D eigenvalue weighted by molar-refractivity contribution is 0.191. The van der Waals surface area contributed by atoms with Crippen LogP contribution in [0.25, 0.3) is 5.65 Å². The first-order chi connectivity index (χ1) is 15.0. The van der Waals surface area contributed by atoms with Gasteiger partial charge in [0.1, 0.15) is 11.6 Å². The lowest BCUT2D eigenvalue weighted by atomic mass is 10.1. The minimum absolute atomic E-state index is 0.177. The number of hydrogen-bond donors (Lipinski definition) is 2. The van der Waals surface area contributed by atoms with Crippen molar-refractivity contribution < 1.29 is 4.74 Å². The van der Waals surface area contributed by atoms with Crippen molar-refractivity contribution in [3.05, 3.63) is 59.5 Å². The highest BCUT2D eigenvalue weighted by molar-refractivity contribution is 5.79. The van der Waals surface area contributed by atoms with E-state index in [1.165, 1.54) is 5.56 Å². The van der Waals surface area contributed by atoms with Gasteiger partial charge in [0.15, 0.2) is 11.6 Å². The molecule has 0 aliphatic heterocycles. The Morgan fingerprint density at radius 3 is 2.74 bits per heavy atom. The molecule has 7 heteroatoms. The van der Waals surface area contributed by atoms with Crippen LogP contribution in [0.4, 0.5) is 0 Å². The zero-order valence-corrected chi connectivity index (χ0v) is 19.2. The Balaban J connectivity index is 1.55. The number of nitrogens with zero attached hydrogens (tertiary/aromatic N) is 4. The van der Waals surface area contributed by atoms with Crippen LogP contribution in [-0.4, -0.2) is 40.3 Å².